The van der Waals surface area contributed by atoms with Crippen molar-refractivity contribution in [2.24, 2.45) is 0 Å². The van der Waals surface area contributed by atoms with Crippen LogP contribution in [0.5, 0.6) is 11.5 Å². The Morgan fingerprint density at radius 3 is 2.47 bits per heavy atom. The minimum Gasteiger partial charge on any atom is -0.504 e. The van der Waals surface area contributed by atoms with Crippen molar-refractivity contribution >= 4 is 39.1 Å². The van der Waals surface area contributed by atoms with Crippen LogP contribution < -0.4 is 5.32 Å². The number of nitrogens with one attached hydrogen (secondary N) is 1. The number of carbonyl (C=O) groups excluding carboxylic acids is 1. The van der Waals surface area contributed by atoms with E-state index in [9.17, 15) is 15.0 Å². The Bertz CT molecular complexity index is 646. The maximum atomic E-state index is 11.9. The van der Waals surface area contributed by atoms with Gasteiger partial charge in [0.05, 0.1) is 10.7 Å². The number of hydrogen-bond acceptors (Lipinski definition) is 3. The zero-order valence-electron chi connectivity index (χ0n) is 9.52. The molecule has 3 N–H and O–H groups in total. The first-order valence-corrected chi connectivity index (χ1v) is 6.43. The second-order valence-electron chi connectivity index (χ2n) is 3.78. The molecule has 0 aliphatic heterocycles. The van der Waals surface area contributed by atoms with E-state index in [0.29, 0.717) is 10.7 Å². The number of benzene rings is 2. The predicted molar refractivity (Wildman–Crippen MR) is 76.9 cm³/mol. The fourth-order valence-corrected chi connectivity index (χ4v) is 2.17. The highest BCUT2D eigenvalue weighted by molar-refractivity contribution is 9.10. The molecule has 0 bridgehead atoms. The van der Waals surface area contributed by atoms with E-state index in [4.69, 9.17) is 11.6 Å². The highest BCUT2D eigenvalue weighted by Crippen LogP contribution is 2.28. The minimum absolute atomic E-state index is 0.217. The van der Waals surface area contributed by atoms with Gasteiger partial charge in [0.15, 0.2) is 11.5 Å². The van der Waals surface area contributed by atoms with E-state index in [1.54, 1.807) is 18.2 Å². The van der Waals surface area contributed by atoms with Crippen LogP contribution in [0.3, 0.4) is 0 Å². The molecule has 1 amide bonds. The third-order valence-corrected chi connectivity index (χ3v) is 3.22. The molecule has 4 nitrogen and oxygen atoms in total. The van der Waals surface area contributed by atoms with Crippen molar-refractivity contribution in [1.82, 2.24) is 0 Å². The summed E-state index contributed by atoms with van der Waals surface area (Å²) in [5.41, 5.74) is 0.678. The Morgan fingerprint density at radius 2 is 1.84 bits per heavy atom. The minimum atomic E-state index is -0.431. The summed E-state index contributed by atoms with van der Waals surface area (Å²) in [4.78, 5) is 11.9. The lowest BCUT2D eigenvalue weighted by molar-refractivity contribution is 0.102. The first kappa shape index (κ1) is 13.7. The van der Waals surface area contributed by atoms with Gasteiger partial charge in [-0.25, -0.2) is 0 Å². The Hall–Kier alpha value is -1.72. The van der Waals surface area contributed by atoms with Crippen LogP contribution in [0.2, 0.25) is 5.02 Å². The first-order valence-electron chi connectivity index (χ1n) is 5.26. The number of carbonyl (C=O) groups is 1. The fraction of sp³-hybridized carbons (Fsp3) is 0. The van der Waals surface area contributed by atoms with E-state index in [2.05, 4.69) is 21.2 Å². The number of anilines is 1. The third-order valence-electron chi connectivity index (χ3n) is 2.42. The number of phenolic OH excluding ortho intramolecular Hbond substituents is 2. The molecule has 6 heteroatoms. The van der Waals surface area contributed by atoms with Crippen LogP contribution in [0.15, 0.2) is 40.9 Å². The molecule has 0 aliphatic carbocycles. The van der Waals surface area contributed by atoms with Crippen molar-refractivity contribution in [3.8, 4) is 11.5 Å². The van der Waals surface area contributed by atoms with Gasteiger partial charge in [0, 0.05) is 10.0 Å². The molecule has 0 saturated heterocycles. The molecule has 0 saturated carbocycles. The molecule has 0 aromatic heterocycles. The highest BCUT2D eigenvalue weighted by atomic mass is 79.9. The number of rotatable bonds is 2. The number of amides is 1. The van der Waals surface area contributed by atoms with Gasteiger partial charge in [-0.3, -0.25) is 4.79 Å². The van der Waals surface area contributed by atoms with Gasteiger partial charge in [0.1, 0.15) is 0 Å². The largest absolute Gasteiger partial charge is 0.504 e. The molecule has 0 fully saturated rings. The molecular weight excluding hydrogens is 334 g/mol. The monoisotopic (exact) mass is 341 g/mol. The van der Waals surface area contributed by atoms with E-state index < -0.39 is 5.91 Å². The zero-order valence-corrected chi connectivity index (χ0v) is 11.9. The Morgan fingerprint density at radius 1 is 1.11 bits per heavy atom. The normalized spacial score (nSPS) is 10.2. The van der Waals surface area contributed by atoms with Gasteiger partial charge in [-0.2, -0.15) is 0 Å². The fourth-order valence-electron chi connectivity index (χ4n) is 1.45. The molecule has 0 unspecified atom stereocenters. The standard InChI is InChI=1S/C13H9BrClNO3/c14-8-2-3-10(9(15)6-8)16-13(19)7-1-4-11(17)12(18)5-7/h1-6,17-18H,(H,16,19). The van der Waals surface area contributed by atoms with Gasteiger partial charge in [-0.05, 0) is 36.4 Å². The summed E-state index contributed by atoms with van der Waals surface area (Å²) in [6.07, 6.45) is 0. The van der Waals surface area contributed by atoms with Crippen LogP contribution in [0.4, 0.5) is 5.69 Å². The van der Waals surface area contributed by atoms with E-state index >= 15 is 0 Å². The van der Waals surface area contributed by atoms with Gasteiger partial charge < -0.3 is 15.5 Å². The molecular formula is C13H9BrClNO3. The van der Waals surface area contributed by atoms with Gasteiger partial charge in [0.25, 0.3) is 5.91 Å². The summed E-state index contributed by atoms with van der Waals surface area (Å²) in [5.74, 6) is -1.06. The Labute approximate surface area is 122 Å². The van der Waals surface area contributed by atoms with Crippen LogP contribution >= 0.6 is 27.5 Å². The Kier molecular flexibility index (Phi) is 3.97. The third kappa shape index (κ3) is 3.19. The number of aromatic hydroxyl groups is 2. The maximum absolute atomic E-state index is 11.9. The zero-order chi connectivity index (χ0) is 14.0. The van der Waals surface area contributed by atoms with E-state index in [-0.39, 0.29) is 17.1 Å². The lowest BCUT2D eigenvalue weighted by Gasteiger charge is -2.08. The van der Waals surface area contributed by atoms with Crippen molar-refractivity contribution in [3.05, 3.63) is 51.5 Å². The molecule has 19 heavy (non-hydrogen) atoms. The van der Waals surface area contributed by atoms with Crippen LogP contribution in [0.1, 0.15) is 10.4 Å². The molecule has 2 aromatic rings. The van der Waals surface area contributed by atoms with Crippen LogP contribution in [0.25, 0.3) is 0 Å². The van der Waals surface area contributed by atoms with Crippen molar-refractivity contribution < 1.29 is 15.0 Å². The van der Waals surface area contributed by atoms with Crippen molar-refractivity contribution in [1.29, 1.82) is 0 Å². The highest BCUT2D eigenvalue weighted by Gasteiger charge is 2.11. The summed E-state index contributed by atoms with van der Waals surface area (Å²) < 4.78 is 0.803. The maximum Gasteiger partial charge on any atom is 0.255 e. The summed E-state index contributed by atoms with van der Waals surface area (Å²) in [7, 11) is 0. The Balaban J connectivity index is 2.23. The second kappa shape index (κ2) is 5.50. The van der Waals surface area contributed by atoms with Crippen molar-refractivity contribution in [2.45, 2.75) is 0 Å². The van der Waals surface area contributed by atoms with Gasteiger partial charge in [-0.1, -0.05) is 27.5 Å². The predicted octanol–water partition coefficient (Wildman–Crippen LogP) is 3.77. The second-order valence-corrected chi connectivity index (χ2v) is 5.10. The summed E-state index contributed by atoms with van der Waals surface area (Å²) in [6, 6.07) is 8.88. The average molecular weight is 343 g/mol. The molecule has 0 aliphatic rings. The summed E-state index contributed by atoms with van der Waals surface area (Å²) in [6.45, 7) is 0. The van der Waals surface area contributed by atoms with E-state index in [1.165, 1.54) is 18.2 Å². The van der Waals surface area contributed by atoms with Crippen LogP contribution in [0, 0.1) is 0 Å². The van der Waals surface area contributed by atoms with E-state index in [1.807, 2.05) is 0 Å². The SMILES string of the molecule is O=C(Nc1ccc(Br)cc1Cl)c1ccc(O)c(O)c1. The molecule has 0 spiro atoms. The molecule has 98 valence electrons. The summed E-state index contributed by atoms with van der Waals surface area (Å²) >= 11 is 9.25. The van der Waals surface area contributed by atoms with Crippen molar-refractivity contribution in [3.63, 3.8) is 0 Å². The molecule has 2 aromatic carbocycles. The molecule has 0 heterocycles. The summed E-state index contributed by atoms with van der Waals surface area (Å²) in [5, 5.41) is 21.5. The van der Waals surface area contributed by atoms with Gasteiger partial charge >= 0.3 is 0 Å². The first-order chi connectivity index (χ1) is 8.97. The quantitative estimate of drug-likeness (QED) is 0.728. The topological polar surface area (TPSA) is 69.6 Å². The van der Waals surface area contributed by atoms with Crippen LogP contribution in [-0.4, -0.2) is 16.1 Å². The average Bonchev–Trinajstić information content (AvgIpc) is 2.36. The molecule has 2 rings (SSSR count). The van der Waals surface area contributed by atoms with Crippen molar-refractivity contribution in [2.75, 3.05) is 5.32 Å². The van der Waals surface area contributed by atoms with Gasteiger partial charge in [-0.15, -0.1) is 0 Å². The number of hydrogen-bond donors (Lipinski definition) is 3. The van der Waals surface area contributed by atoms with Crippen LogP contribution in [-0.2, 0) is 0 Å². The van der Waals surface area contributed by atoms with E-state index in [0.717, 1.165) is 4.47 Å². The molecule has 0 radical (unpaired) electrons. The smallest absolute Gasteiger partial charge is 0.255 e. The lowest BCUT2D eigenvalue weighted by Crippen LogP contribution is -2.12. The lowest BCUT2D eigenvalue weighted by atomic mass is 10.2. The molecule has 0 atom stereocenters. The number of halogens is 2. The van der Waals surface area contributed by atoms with Gasteiger partial charge in [0.2, 0.25) is 0 Å². The number of phenols is 2.